The molecule has 0 heterocycles. The van der Waals surface area contributed by atoms with E-state index in [1.165, 1.54) is 17.5 Å². The van der Waals surface area contributed by atoms with Crippen LogP contribution >= 0.6 is 0 Å². The lowest BCUT2D eigenvalue weighted by molar-refractivity contribution is -0.125. The van der Waals surface area contributed by atoms with Crippen LogP contribution in [-0.2, 0) is 11.2 Å². The van der Waals surface area contributed by atoms with Crippen molar-refractivity contribution in [3.8, 4) is 0 Å². The fraction of sp³-hybridized carbons (Fsp3) is 0.381. The third kappa shape index (κ3) is 3.68. The van der Waals surface area contributed by atoms with E-state index >= 15 is 0 Å². The van der Waals surface area contributed by atoms with E-state index in [1.54, 1.807) is 0 Å². The summed E-state index contributed by atoms with van der Waals surface area (Å²) in [6, 6.07) is 18.1. The highest BCUT2D eigenvalue weighted by molar-refractivity contribution is 5.79. The van der Waals surface area contributed by atoms with Gasteiger partial charge in [0.2, 0.25) is 5.91 Å². The van der Waals surface area contributed by atoms with E-state index in [9.17, 15) is 4.79 Å². The highest BCUT2D eigenvalue weighted by Crippen LogP contribution is 2.31. The van der Waals surface area contributed by atoms with Gasteiger partial charge in [0.15, 0.2) is 0 Å². The van der Waals surface area contributed by atoms with Gasteiger partial charge in [-0.3, -0.25) is 4.79 Å². The second-order valence-electron chi connectivity index (χ2n) is 6.76. The van der Waals surface area contributed by atoms with Crippen LogP contribution in [0.5, 0.6) is 0 Å². The Morgan fingerprint density at radius 2 is 1.88 bits per heavy atom. The van der Waals surface area contributed by atoms with E-state index in [0.717, 1.165) is 18.4 Å². The molecule has 1 aliphatic carbocycles. The molecule has 3 nitrogen and oxygen atoms in total. The van der Waals surface area contributed by atoms with Gasteiger partial charge in [-0.25, -0.2) is 0 Å². The Bertz CT molecular complexity index is 683. The highest BCUT2D eigenvalue weighted by Gasteiger charge is 2.24. The molecular weight excluding hydrogens is 296 g/mol. The first-order valence-corrected chi connectivity index (χ1v) is 8.83. The first-order valence-electron chi connectivity index (χ1n) is 8.83. The van der Waals surface area contributed by atoms with Crippen LogP contribution in [0.3, 0.4) is 0 Å². The molecule has 3 unspecified atom stereocenters. The number of fused-ring (bicyclic) bond motifs is 1. The van der Waals surface area contributed by atoms with E-state index < -0.39 is 0 Å². The largest absolute Gasteiger partial charge is 0.355 e. The van der Waals surface area contributed by atoms with Crippen molar-refractivity contribution >= 4 is 5.91 Å². The van der Waals surface area contributed by atoms with Crippen molar-refractivity contribution in [2.45, 2.75) is 38.1 Å². The van der Waals surface area contributed by atoms with Crippen molar-refractivity contribution in [1.82, 2.24) is 5.32 Å². The third-order valence-electron chi connectivity index (χ3n) is 5.15. The number of hydrogen-bond donors (Lipinski definition) is 2. The summed E-state index contributed by atoms with van der Waals surface area (Å²) in [6.45, 7) is 2.60. The smallest absolute Gasteiger partial charge is 0.224 e. The Morgan fingerprint density at radius 3 is 2.67 bits per heavy atom. The number of rotatable bonds is 5. The maximum absolute atomic E-state index is 12.5. The predicted molar refractivity (Wildman–Crippen MR) is 97.7 cm³/mol. The molecule has 2 aromatic rings. The molecule has 2 aromatic carbocycles. The van der Waals surface area contributed by atoms with Crippen LogP contribution in [0, 0.1) is 5.92 Å². The predicted octanol–water partition coefficient (Wildman–Crippen LogP) is 3.56. The molecule has 3 atom stereocenters. The van der Waals surface area contributed by atoms with Gasteiger partial charge >= 0.3 is 0 Å². The Morgan fingerprint density at radius 1 is 1.17 bits per heavy atom. The van der Waals surface area contributed by atoms with Crippen LogP contribution in [0.4, 0.5) is 0 Å². The first-order chi connectivity index (χ1) is 11.7. The second-order valence-corrected chi connectivity index (χ2v) is 6.76. The van der Waals surface area contributed by atoms with Crippen LogP contribution in [-0.4, -0.2) is 12.5 Å². The summed E-state index contributed by atoms with van der Waals surface area (Å²) < 4.78 is 0. The number of nitrogens with two attached hydrogens (primary N) is 1. The van der Waals surface area contributed by atoms with Gasteiger partial charge in [0.25, 0.3) is 0 Å². The quantitative estimate of drug-likeness (QED) is 0.884. The molecule has 0 aromatic heterocycles. The highest BCUT2D eigenvalue weighted by atomic mass is 16.1. The molecule has 0 bridgehead atoms. The summed E-state index contributed by atoms with van der Waals surface area (Å²) in [5.74, 6) is 0.208. The Hall–Kier alpha value is -2.13. The SMILES string of the molecule is CC(C(=O)NCC1CCCc2ccccc21)C(N)c1ccccc1. The zero-order chi connectivity index (χ0) is 16.9. The van der Waals surface area contributed by atoms with Crippen molar-refractivity contribution in [2.24, 2.45) is 11.7 Å². The van der Waals surface area contributed by atoms with Crippen LogP contribution in [0.15, 0.2) is 54.6 Å². The molecule has 0 saturated carbocycles. The first kappa shape index (κ1) is 16.7. The number of benzene rings is 2. The monoisotopic (exact) mass is 322 g/mol. The van der Waals surface area contributed by atoms with Gasteiger partial charge in [-0.15, -0.1) is 0 Å². The Labute approximate surface area is 144 Å². The summed E-state index contributed by atoms with van der Waals surface area (Å²) in [7, 11) is 0. The molecular formula is C21H26N2O. The zero-order valence-corrected chi connectivity index (χ0v) is 14.2. The van der Waals surface area contributed by atoms with Gasteiger partial charge in [-0.1, -0.05) is 61.5 Å². The summed E-state index contributed by atoms with van der Waals surface area (Å²) in [5, 5.41) is 3.12. The van der Waals surface area contributed by atoms with Gasteiger partial charge in [-0.05, 0) is 36.0 Å². The van der Waals surface area contributed by atoms with Crippen LogP contribution in [0.1, 0.15) is 48.4 Å². The van der Waals surface area contributed by atoms with E-state index in [1.807, 2.05) is 37.3 Å². The molecule has 3 rings (SSSR count). The summed E-state index contributed by atoms with van der Waals surface area (Å²) in [6.07, 6.45) is 3.48. The van der Waals surface area contributed by atoms with Crippen LogP contribution < -0.4 is 11.1 Å². The Kier molecular flexibility index (Phi) is 5.31. The molecule has 1 aliphatic rings. The summed E-state index contributed by atoms with van der Waals surface area (Å²) in [5.41, 5.74) is 10.1. The molecule has 24 heavy (non-hydrogen) atoms. The topological polar surface area (TPSA) is 55.1 Å². The van der Waals surface area contributed by atoms with E-state index in [0.29, 0.717) is 12.5 Å². The lowest BCUT2D eigenvalue weighted by Gasteiger charge is -2.27. The maximum Gasteiger partial charge on any atom is 0.224 e. The lowest BCUT2D eigenvalue weighted by atomic mass is 9.82. The van der Waals surface area contributed by atoms with Crippen molar-refractivity contribution in [3.63, 3.8) is 0 Å². The number of aryl methyl sites for hydroxylation is 1. The molecule has 126 valence electrons. The second kappa shape index (κ2) is 7.63. The number of carbonyl (C=O) groups excluding carboxylic acids is 1. The van der Waals surface area contributed by atoms with Crippen molar-refractivity contribution in [3.05, 3.63) is 71.3 Å². The molecule has 3 heteroatoms. The van der Waals surface area contributed by atoms with E-state index in [2.05, 4.69) is 29.6 Å². The third-order valence-corrected chi connectivity index (χ3v) is 5.15. The molecule has 1 amide bonds. The van der Waals surface area contributed by atoms with Crippen LogP contribution in [0.25, 0.3) is 0 Å². The maximum atomic E-state index is 12.5. The molecule has 0 fully saturated rings. The van der Waals surface area contributed by atoms with Gasteiger partial charge in [0, 0.05) is 18.5 Å². The number of carbonyl (C=O) groups is 1. The van der Waals surface area contributed by atoms with E-state index in [-0.39, 0.29) is 17.9 Å². The standard InChI is InChI=1S/C21H26N2O/c1-15(20(22)17-9-3-2-4-10-17)21(24)23-14-18-12-7-11-16-8-5-6-13-19(16)18/h2-6,8-10,13,15,18,20H,7,11-12,14,22H2,1H3,(H,23,24). The fourth-order valence-corrected chi connectivity index (χ4v) is 3.58. The Balaban J connectivity index is 1.60. The van der Waals surface area contributed by atoms with Gasteiger partial charge < -0.3 is 11.1 Å². The van der Waals surface area contributed by atoms with Gasteiger partial charge in [-0.2, -0.15) is 0 Å². The number of nitrogens with one attached hydrogen (secondary N) is 1. The number of amides is 1. The van der Waals surface area contributed by atoms with Crippen LogP contribution in [0.2, 0.25) is 0 Å². The molecule has 0 radical (unpaired) electrons. The minimum atomic E-state index is -0.273. The van der Waals surface area contributed by atoms with E-state index in [4.69, 9.17) is 5.73 Å². The summed E-state index contributed by atoms with van der Waals surface area (Å²) >= 11 is 0. The van der Waals surface area contributed by atoms with Gasteiger partial charge in [0.05, 0.1) is 5.92 Å². The van der Waals surface area contributed by atoms with Crippen molar-refractivity contribution in [2.75, 3.05) is 6.54 Å². The molecule has 0 spiro atoms. The number of hydrogen-bond acceptors (Lipinski definition) is 2. The molecule has 0 aliphatic heterocycles. The van der Waals surface area contributed by atoms with Crippen molar-refractivity contribution < 1.29 is 4.79 Å². The fourth-order valence-electron chi connectivity index (χ4n) is 3.58. The lowest BCUT2D eigenvalue weighted by Crippen LogP contribution is -2.38. The van der Waals surface area contributed by atoms with Crippen molar-refractivity contribution in [1.29, 1.82) is 0 Å². The van der Waals surface area contributed by atoms with Gasteiger partial charge in [0.1, 0.15) is 0 Å². The minimum absolute atomic E-state index is 0.0365. The summed E-state index contributed by atoms with van der Waals surface area (Å²) in [4.78, 5) is 12.5. The normalized spacial score (nSPS) is 19.2. The molecule has 0 saturated heterocycles. The zero-order valence-electron chi connectivity index (χ0n) is 14.2. The average molecular weight is 322 g/mol. The molecule has 3 N–H and O–H groups in total. The minimum Gasteiger partial charge on any atom is -0.355 e. The average Bonchev–Trinajstić information content (AvgIpc) is 2.65.